The summed E-state index contributed by atoms with van der Waals surface area (Å²) in [5, 5.41) is 19.8. The second-order valence-corrected chi connectivity index (χ2v) is 4.17. The average Bonchev–Trinajstić information content (AvgIpc) is 2.42. The number of carboxylic acid groups (broad SMARTS) is 2. The van der Waals surface area contributed by atoms with Gasteiger partial charge >= 0.3 is 18.0 Å². The normalized spacial score (nSPS) is 11.4. The van der Waals surface area contributed by atoms with Crippen LogP contribution in [0.5, 0.6) is 0 Å². The first-order chi connectivity index (χ1) is 9.41. The molecule has 0 fully saturated rings. The Morgan fingerprint density at radius 3 is 2.30 bits per heavy atom. The third-order valence-corrected chi connectivity index (χ3v) is 2.69. The van der Waals surface area contributed by atoms with Gasteiger partial charge in [-0.1, -0.05) is 18.2 Å². The molecule has 0 spiro atoms. The second-order valence-electron chi connectivity index (χ2n) is 4.17. The number of benzene rings is 1. The number of hydrogen-bond donors (Lipinski definition) is 3. The van der Waals surface area contributed by atoms with Crippen LogP contribution in [0.25, 0.3) is 0 Å². The lowest BCUT2D eigenvalue weighted by molar-refractivity contribution is -0.140. The minimum atomic E-state index is -1.26. The molecule has 1 aromatic rings. The zero-order valence-corrected chi connectivity index (χ0v) is 10.9. The highest BCUT2D eigenvalue weighted by atomic mass is 16.4. The van der Waals surface area contributed by atoms with Crippen LogP contribution in [0.15, 0.2) is 30.3 Å². The molecule has 0 unspecified atom stereocenters. The Morgan fingerprint density at radius 2 is 1.80 bits per heavy atom. The van der Waals surface area contributed by atoms with E-state index >= 15 is 0 Å². The van der Waals surface area contributed by atoms with E-state index in [1.165, 1.54) is 11.9 Å². The molecular weight excluding hydrogens is 264 g/mol. The van der Waals surface area contributed by atoms with Crippen molar-refractivity contribution in [3.63, 3.8) is 0 Å². The molecule has 0 aliphatic carbocycles. The van der Waals surface area contributed by atoms with Crippen LogP contribution in [-0.4, -0.2) is 41.3 Å². The molecule has 7 heteroatoms. The van der Waals surface area contributed by atoms with E-state index in [9.17, 15) is 14.4 Å². The van der Waals surface area contributed by atoms with Gasteiger partial charge in [0.15, 0.2) is 0 Å². The number of carbonyl (C=O) groups is 3. The molecule has 0 bridgehead atoms. The smallest absolute Gasteiger partial charge is 0.326 e. The van der Waals surface area contributed by atoms with Gasteiger partial charge in [0.25, 0.3) is 0 Å². The van der Waals surface area contributed by atoms with Gasteiger partial charge in [0.05, 0.1) is 0 Å². The molecule has 0 aliphatic rings. The van der Waals surface area contributed by atoms with Gasteiger partial charge in [-0.25, -0.2) is 9.59 Å². The van der Waals surface area contributed by atoms with Crippen molar-refractivity contribution in [1.82, 2.24) is 5.32 Å². The Hall–Kier alpha value is -2.57. The van der Waals surface area contributed by atoms with Crippen molar-refractivity contribution in [2.45, 2.75) is 18.9 Å². The van der Waals surface area contributed by atoms with Crippen molar-refractivity contribution in [3.8, 4) is 0 Å². The first-order valence-electron chi connectivity index (χ1n) is 5.95. The third kappa shape index (κ3) is 4.60. The summed E-state index contributed by atoms with van der Waals surface area (Å²) in [6.07, 6.45) is -0.495. The largest absolute Gasteiger partial charge is 0.481 e. The standard InChI is InChI=1S/C13H16N2O5/c1-15(9-5-3-2-4-6-9)13(20)14-10(12(18)19)7-8-11(16)17/h2-6,10H,7-8H2,1H3,(H,14,20)(H,16,17)(H,18,19)/t10-/m0/s1. The van der Waals surface area contributed by atoms with Gasteiger partial charge in [-0.05, 0) is 18.6 Å². The van der Waals surface area contributed by atoms with Crippen LogP contribution in [-0.2, 0) is 9.59 Å². The zero-order valence-electron chi connectivity index (χ0n) is 10.9. The molecular formula is C13H16N2O5. The Morgan fingerprint density at radius 1 is 1.20 bits per heavy atom. The summed E-state index contributed by atoms with van der Waals surface area (Å²) < 4.78 is 0. The molecule has 2 amide bonds. The van der Waals surface area contributed by atoms with Gasteiger partial charge in [0.1, 0.15) is 6.04 Å². The molecule has 0 saturated heterocycles. The summed E-state index contributed by atoms with van der Waals surface area (Å²) in [4.78, 5) is 34.6. The summed E-state index contributed by atoms with van der Waals surface area (Å²) in [5.74, 6) is -2.37. The number of rotatable bonds is 6. The number of anilines is 1. The van der Waals surface area contributed by atoms with Crippen LogP contribution >= 0.6 is 0 Å². The summed E-state index contributed by atoms with van der Waals surface area (Å²) in [7, 11) is 1.50. The molecule has 0 heterocycles. The predicted octanol–water partition coefficient (Wildman–Crippen LogP) is 1.15. The molecule has 1 rings (SSSR count). The number of para-hydroxylation sites is 1. The first-order valence-corrected chi connectivity index (χ1v) is 5.95. The van der Waals surface area contributed by atoms with Crippen LogP contribution in [0.3, 0.4) is 0 Å². The van der Waals surface area contributed by atoms with Gasteiger partial charge < -0.3 is 15.5 Å². The lowest BCUT2D eigenvalue weighted by Gasteiger charge is -2.21. The summed E-state index contributed by atoms with van der Waals surface area (Å²) >= 11 is 0. The van der Waals surface area contributed by atoms with E-state index in [-0.39, 0.29) is 12.8 Å². The fraction of sp³-hybridized carbons (Fsp3) is 0.308. The van der Waals surface area contributed by atoms with Crippen molar-refractivity contribution in [3.05, 3.63) is 30.3 Å². The van der Waals surface area contributed by atoms with E-state index < -0.39 is 24.0 Å². The van der Waals surface area contributed by atoms with E-state index in [1.54, 1.807) is 30.3 Å². The van der Waals surface area contributed by atoms with Crippen LogP contribution in [0.4, 0.5) is 10.5 Å². The minimum Gasteiger partial charge on any atom is -0.481 e. The lowest BCUT2D eigenvalue weighted by atomic mass is 10.1. The van der Waals surface area contributed by atoms with Crippen LogP contribution < -0.4 is 10.2 Å². The van der Waals surface area contributed by atoms with E-state index in [1.807, 2.05) is 0 Å². The molecule has 20 heavy (non-hydrogen) atoms. The van der Waals surface area contributed by atoms with Gasteiger partial charge in [0.2, 0.25) is 0 Å². The first kappa shape index (κ1) is 15.5. The highest BCUT2D eigenvalue weighted by Crippen LogP contribution is 2.11. The van der Waals surface area contributed by atoms with Crippen molar-refractivity contribution in [2.24, 2.45) is 0 Å². The number of aliphatic carboxylic acids is 2. The minimum absolute atomic E-state index is 0.168. The maximum atomic E-state index is 11.9. The number of hydrogen-bond acceptors (Lipinski definition) is 3. The van der Waals surface area contributed by atoms with Crippen molar-refractivity contribution < 1.29 is 24.6 Å². The van der Waals surface area contributed by atoms with Crippen LogP contribution in [0.1, 0.15) is 12.8 Å². The van der Waals surface area contributed by atoms with Crippen molar-refractivity contribution >= 4 is 23.7 Å². The molecule has 0 radical (unpaired) electrons. The summed E-state index contributed by atoms with van der Waals surface area (Å²) in [6, 6.07) is 6.86. The van der Waals surface area contributed by atoms with E-state index in [2.05, 4.69) is 5.32 Å². The average molecular weight is 280 g/mol. The fourth-order valence-corrected chi connectivity index (χ4v) is 1.54. The Labute approximate surface area is 115 Å². The summed E-state index contributed by atoms with van der Waals surface area (Å²) in [5.41, 5.74) is 0.604. The molecule has 0 aliphatic heterocycles. The number of urea groups is 1. The SMILES string of the molecule is CN(C(=O)N[C@@H](CCC(=O)O)C(=O)O)c1ccccc1. The highest BCUT2D eigenvalue weighted by molar-refractivity contribution is 5.94. The molecule has 0 saturated carbocycles. The quantitative estimate of drug-likeness (QED) is 0.724. The molecule has 1 atom stereocenters. The van der Waals surface area contributed by atoms with Gasteiger partial charge in [0, 0.05) is 19.2 Å². The summed E-state index contributed by atoms with van der Waals surface area (Å²) in [6.45, 7) is 0. The molecule has 0 aromatic heterocycles. The fourth-order valence-electron chi connectivity index (χ4n) is 1.54. The Bertz CT molecular complexity index is 489. The van der Waals surface area contributed by atoms with Gasteiger partial charge in [-0.2, -0.15) is 0 Å². The highest BCUT2D eigenvalue weighted by Gasteiger charge is 2.22. The van der Waals surface area contributed by atoms with Crippen LogP contribution in [0.2, 0.25) is 0 Å². The van der Waals surface area contributed by atoms with Gasteiger partial charge in [-0.3, -0.25) is 9.69 Å². The Balaban J connectivity index is 2.66. The van der Waals surface area contributed by atoms with E-state index in [0.717, 1.165) is 0 Å². The van der Waals surface area contributed by atoms with Crippen LogP contribution in [0, 0.1) is 0 Å². The number of amides is 2. The van der Waals surface area contributed by atoms with Crippen molar-refractivity contribution in [1.29, 1.82) is 0 Å². The lowest BCUT2D eigenvalue weighted by Crippen LogP contribution is -2.47. The van der Waals surface area contributed by atoms with Gasteiger partial charge in [-0.15, -0.1) is 0 Å². The maximum absolute atomic E-state index is 11.9. The third-order valence-electron chi connectivity index (χ3n) is 2.69. The number of nitrogens with one attached hydrogen (secondary N) is 1. The topological polar surface area (TPSA) is 107 Å². The van der Waals surface area contributed by atoms with E-state index in [4.69, 9.17) is 10.2 Å². The number of carbonyl (C=O) groups excluding carboxylic acids is 1. The zero-order chi connectivity index (χ0) is 15.1. The number of carboxylic acids is 2. The molecule has 7 nitrogen and oxygen atoms in total. The molecule has 1 aromatic carbocycles. The number of nitrogens with zero attached hydrogens (tertiary/aromatic N) is 1. The maximum Gasteiger partial charge on any atom is 0.326 e. The molecule has 108 valence electrons. The predicted molar refractivity (Wildman–Crippen MR) is 71.7 cm³/mol. The van der Waals surface area contributed by atoms with Crippen molar-refractivity contribution in [2.75, 3.05) is 11.9 Å². The molecule has 3 N–H and O–H groups in total. The van der Waals surface area contributed by atoms with E-state index in [0.29, 0.717) is 5.69 Å². The Kier molecular flexibility index (Phi) is 5.52. The second kappa shape index (κ2) is 7.13. The monoisotopic (exact) mass is 280 g/mol.